The Morgan fingerprint density at radius 1 is 1.26 bits per heavy atom. The van der Waals surface area contributed by atoms with Gasteiger partial charge in [0, 0.05) is 23.8 Å². The number of aromatic nitrogens is 1. The fourth-order valence-electron chi connectivity index (χ4n) is 2.81. The fraction of sp³-hybridized carbons (Fsp3) is 0.333. The van der Waals surface area contributed by atoms with Crippen LogP contribution in [0.15, 0.2) is 36.5 Å². The predicted molar refractivity (Wildman–Crippen MR) is 74.4 cm³/mol. The van der Waals surface area contributed by atoms with E-state index in [2.05, 4.69) is 4.98 Å². The smallest absolute Gasteiger partial charge is 0.326 e. The van der Waals surface area contributed by atoms with E-state index in [1.54, 1.807) is 6.20 Å². The van der Waals surface area contributed by atoms with Crippen LogP contribution in [0.4, 0.5) is 5.69 Å². The number of carboxylic acid groups (broad SMARTS) is 1. The molecule has 19 heavy (non-hydrogen) atoms. The molecule has 1 fully saturated rings. The van der Waals surface area contributed by atoms with Crippen molar-refractivity contribution in [3.8, 4) is 0 Å². The SMILES string of the molecule is O=C(O)C1CCCCN1c1ccnc2ccccc12. The molecule has 0 spiro atoms. The lowest BCUT2D eigenvalue weighted by Crippen LogP contribution is -2.44. The van der Waals surface area contributed by atoms with E-state index in [0.717, 1.165) is 36.0 Å². The third kappa shape index (κ3) is 2.14. The molecule has 98 valence electrons. The third-order valence-electron chi connectivity index (χ3n) is 3.72. The molecule has 1 aliphatic rings. The van der Waals surface area contributed by atoms with E-state index in [0.29, 0.717) is 6.42 Å². The number of nitrogens with zero attached hydrogens (tertiary/aromatic N) is 2. The third-order valence-corrected chi connectivity index (χ3v) is 3.72. The summed E-state index contributed by atoms with van der Waals surface area (Å²) < 4.78 is 0. The molecule has 3 rings (SSSR count). The van der Waals surface area contributed by atoms with Crippen LogP contribution >= 0.6 is 0 Å². The van der Waals surface area contributed by atoms with Gasteiger partial charge in [0.05, 0.1) is 5.52 Å². The highest BCUT2D eigenvalue weighted by atomic mass is 16.4. The lowest BCUT2D eigenvalue weighted by molar-refractivity contribution is -0.139. The van der Waals surface area contributed by atoms with E-state index >= 15 is 0 Å². The predicted octanol–water partition coefficient (Wildman–Crippen LogP) is 2.68. The van der Waals surface area contributed by atoms with Crippen LogP contribution in [0.2, 0.25) is 0 Å². The van der Waals surface area contributed by atoms with E-state index in [4.69, 9.17) is 0 Å². The first-order valence-electron chi connectivity index (χ1n) is 6.60. The first kappa shape index (κ1) is 12.0. The van der Waals surface area contributed by atoms with Gasteiger partial charge in [-0.05, 0) is 31.4 Å². The van der Waals surface area contributed by atoms with Crippen molar-refractivity contribution in [3.05, 3.63) is 36.5 Å². The number of fused-ring (bicyclic) bond motifs is 1. The average Bonchev–Trinajstić information content (AvgIpc) is 2.46. The van der Waals surface area contributed by atoms with Crippen molar-refractivity contribution in [1.82, 2.24) is 4.98 Å². The maximum Gasteiger partial charge on any atom is 0.326 e. The van der Waals surface area contributed by atoms with E-state index in [-0.39, 0.29) is 0 Å². The van der Waals surface area contributed by atoms with E-state index in [9.17, 15) is 9.90 Å². The molecule has 0 radical (unpaired) electrons. The Labute approximate surface area is 111 Å². The Bertz CT molecular complexity index is 607. The molecule has 1 atom stereocenters. The first-order valence-corrected chi connectivity index (χ1v) is 6.60. The Morgan fingerprint density at radius 3 is 2.95 bits per heavy atom. The van der Waals surface area contributed by atoms with Crippen LogP contribution in [0, 0.1) is 0 Å². The summed E-state index contributed by atoms with van der Waals surface area (Å²) in [6.07, 6.45) is 4.49. The number of carboxylic acids is 1. The standard InChI is InChI=1S/C15H16N2O2/c18-15(19)14-7-3-4-10-17(14)13-8-9-16-12-6-2-1-5-11(12)13/h1-2,5-6,8-9,14H,3-4,7,10H2,(H,18,19). The first-order chi connectivity index (χ1) is 9.27. The number of carbonyl (C=O) groups is 1. The number of benzene rings is 1. The Hall–Kier alpha value is -2.10. The van der Waals surface area contributed by atoms with Crippen molar-refractivity contribution in [2.24, 2.45) is 0 Å². The van der Waals surface area contributed by atoms with Crippen molar-refractivity contribution >= 4 is 22.6 Å². The highest BCUT2D eigenvalue weighted by molar-refractivity contribution is 5.93. The van der Waals surface area contributed by atoms with E-state index in [1.807, 2.05) is 35.2 Å². The molecule has 2 heterocycles. The van der Waals surface area contributed by atoms with Crippen LogP contribution in [0.5, 0.6) is 0 Å². The van der Waals surface area contributed by atoms with Crippen LogP contribution in [-0.4, -0.2) is 28.6 Å². The summed E-state index contributed by atoms with van der Waals surface area (Å²) >= 11 is 0. The van der Waals surface area contributed by atoms with Crippen molar-refractivity contribution < 1.29 is 9.90 Å². The van der Waals surface area contributed by atoms with Crippen LogP contribution < -0.4 is 4.90 Å². The molecular formula is C15H16N2O2. The highest BCUT2D eigenvalue weighted by Gasteiger charge is 2.29. The second kappa shape index (κ2) is 4.88. The number of para-hydroxylation sites is 1. The zero-order valence-corrected chi connectivity index (χ0v) is 10.6. The lowest BCUT2D eigenvalue weighted by atomic mass is 10.0. The number of anilines is 1. The molecule has 1 aliphatic heterocycles. The quantitative estimate of drug-likeness (QED) is 0.897. The molecule has 1 aromatic carbocycles. The number of hydrogen-bond acceptors (Lipinski definition) is 3. The van der Waals surface area contributed by atoms with Crippen LogP contribution in [0.1, 0.15) is 19.3 Å². The molecule has 1 unspecified atom stereocenters. The zero-order chi connectivity index (χ0) is 13.2. The van der Waals surface area contributed by atoms with Gasteiger partial charge in [-0.3, -0.25) is 4.98 Å². The zero-order valence-electron chi connectivity index (χ0n) is 10.6. The Balaban J connectivity index is 2.09. The van der Waals surface area contributed by atoms with Crippen molar-refractivity contribution in [2.75, 3.05) is 11.4 Å². The Kier molecular flexibility index (Phi) is 3.07. The van der Waals surface area contributed by atoms with Gasteiger partial charge in [0.2, 0.25) is 0 Å². The summed E-state index contributed by atoms with van der Waals surface area (Å²) in [5, 5.41) is 10.4. The van der Waals surface area contributed by atoms with Crippen molar-refractivity contribution in [1.29, 1.82) is 0 Å². The molecular weight excluding hydrogens is 240 g/mol. The van der Waals surface area contributed by atoms with Gasteiger partial charge in [-0.1, -0.05) is 18.2 Å². The van der Waals surface area contributed by atoms with Gasteiger partial charge in [-0.15, -0.1) is 0 Å². The molecule has 4 nitrogen and oxygen atoms in total. The fourth-order valence-corrected chi connectivity index (χ4v) is 2.81. The minimum Gasteiger partial charge on any atom is -0.480 e. The number of aliphatic carboxylic acids is 1. The summed E-state index contributed by atoms with van der Waals surface area (Å²) in [6.45, 7) is 0.797. The van der Waals surface area contributed by atoms with Gasteiger partial charge >= 0.3 is 5.97 Å². The highest BCUT2D eigenvalue weighted by Crippen LogP contribution is 2.30. The molecule has 0 amide bonds. The number of piperidine rings is 1. The van der Waals surface area contributed by atoms with Crippen molar-refractivity contribution in [2.45, 2.75) is 25.3 Å². The summed E-state index contributed by atoms with van der Waals surface area (Å²) in [5.41, 5.74) is 1.90. The summed E-state index contributed by atoms with van der Waals surface area (Å²) in [6, 6.07) is 9.38. The molecule has 0 saturated carbocycles. The normalized spacial score (nSPS) is 19.6. The summed E-state index contributed by atoms with van der Waals surface area (Å²) in [7, 11) is 0. The monoisotopic (exact) mass is 256 g/mol. The summed E-state index contributed by atoms with van der Waals surface area (Å²) in [4.78, 5) is 17.8. The number of rotatable bonds is 2. The number of hydrogen-bond donors (Lipinski definition) is 1. The van der Waals surface area contributed by atoms with Crippen LogP contribution in [-0.2, 0) is 4.79 Å². The Morgan fingerprint density at radius 2 is 2.11 bits per heavy atom. The second-order valence-corrected chi connectivity index (χ2v) is 4.89. The number of pyridine rings is 1. The van der Waals surface area contributed by atoms with Gasteiger partial charge in [-0.2, -0.15) is 0 Å². The van der Waals surface area contributed by atoms with Gasteiger partial charge < -0.3 is 10.0 Å². The minimum atomic E-state index is -0.736. The minimum absolute atomic E-state index is 0.417. The van der Waals surface area contributed by atoms with E-state index in [1.165, 1.54) is 0 Å². The molecule has 2 aromatic rings. The second-order valence-electron chi connectivity index (χ2n) is 4.89. The van der Waals surface area contributed by atoms with Crippen LogP contribution in [0.25, 0.3) is 10.9 Å². The van der Waals surface area contributed by atoms with Gasteiger partial charge in [0.1, 0.15) is 6.04 Å². The average molecular weight is 256 g/mol. The maximum absolute atomic E-state index is 11.4. The largest absolute Gasteiger partial charge is 0.480 e. The molecule has 1 N–H and O–H groups in total. The maximum atomic E-state index is 11.4. The molecule has 0 bridgehead atoms. The van der Waals surface area contributed by atoms with E-state index < -0.39 is 12.0 Å². The van der Waals surface area contributed by atoms with Gasteiger partial charge in [0.25, 0.3) is 0 Å². The molecule has 1 aromatic heterocycles. The van der Waals surface area contributed by atoms with Gasteiger partial charge in [-0.25, -0.2) is 4.79 Å². The lowest BCUT2D eigenvalue weighted by Gasteiger charge is -2.35. The molecule has 4 heteroatoms. The van der Waals surface area contributed by atoms with Crippen molar-refractivity contribution in [3.63, 3.8) is 0 Å². The van der Waals surface area contributed by atoms with Gasteiger partial charge in [0.15, 0.2) is 0 Å². The molecule has 1 saturated heterocycles. The molecule has 0 aliphatic carbocycles. The van der Waals surface area contributed by atoms with Crippen LogP contribution in [0.3, 0.4) is 0 Å². The topological polar surface area (TPSA) is 53.4 Å². The summed E-state index contributed by atoms with van der Waals surface area (Å²) in [5.74, 6) is -0.736.